The molecule has 1 aliphatic rings. The highest BCUT2D eigenvalue weighted by atomic mass is 16.2. The van der Waals surface area contributed by atoms with Crippen LogP contribution in [0.5, 0.6) is 0 Å². The van der Waals surface area contributed by atoms with Gasteiger partial charge in [0.1, 0.15) is 5.78 Å². The molecule has 1 rings (SSSR count). The standard InChI is InChI=1S/C8H13NO2/c1-7(10)9-5-2-3-8(11)4-6-9/h2-6H2,1H3. The number of carbonyl (C=O) groups excluding carboxylic acids is 2. The summed E-state index contributed by atoms with van der Waals surface area (Å²) in [6, 6.07) is 0. The van der Waals surface area contributed by atoms with Crippen molar-refractivity contribution in [2.75, 3.05) is 13.1 Å². The first-order valence-electron chi connectivity index (χ1n) is 3.97. The summed E-state index contributed by atoms with van der Waals surface area (Å²) in [6.07, 6.45) is 2.02. The summed E-state index contributed by atoms with van der Waals surface area (Å²) in [5.41, 5.74) is 0. The second-order valence-electron chi connectivity index (χ2n) is 2.90. The lowest BCUT2D eigenvalue weighted by Crippen LogP contribution is -2.29. The van der Waals surface area contributed by atoms with Crippen LogP contribution in [0.1, 0.15) is 26.2 Å². The first-order chi connectivity index (χ1) is 5.20. The van der Waals surface area contributed by atoms with Crippen molar-refractivity contribution in [3.63, 3.8) is 0 Å². The Morgan fingerprint density at radius 1 is 1.36 bits per heavy atom. The molecule has 0 aromatic heterocycles. The van der Waals surface area contributed by atoms with E-state index >= 15 is 0 Å². The van der Waals surface area contributed by atoms with Crippen molar-refractivity contribution in [1.29, 1.82) is 0 Å². The molecule has 0 aliphatic carbocycles. The maximum absolute atomic E-state index is 10.9. The zero-order valence-electron chi connectivity index (χ0n) is 6.80. The monoisotopic (exact) mass is 155 g/mol. The minimum absolute atomic E-state index is 0.0831. The van der Waals surface area contributed by atoms with E-state index < -0.39 is 0 Å². The normalized spacial score (nSPS) is 19.7. The highest BCUT2D eigenvalue weighted by Gasteiger charge is 2.14. The van der Waals surface area contributed by atoms with Crippen molar-refractivity contribution in [1.82, 2.24) is 4.90 Å². The first kappa shape index (κ1) is 8.24. The van der Waals surface area contributed by atoms with Gasteiger partial charge in [0.05, 0.1) is 0 Å². The van der Waals surface area contributed by atoms with Gasteiger partial charge in [-0.3, -0.25) is 9.59 Å². The molecule has 0 aromatic rings. The van der Waals surface area contributed by atoms with Crippen molar-refractivity contribution in [3.8, 4) is 0 Å². The van der Waals surface area contributed by atoms with Crippen LogP contribution in [0.15, 0.2) is 0 Å². The van der Waals surface area contributed by atoms with Crippen molar-refractivity contribution in [3.05, 3.63) is 0 Å². The number of Topliss-reactive ketones (excluding diaryl/α,β-unsaturated/α-hetero) is 1. The number of ketones is 1. The summed E-state index contributed by atoms with van der Waals surface area (Å²) in [5.74, 6) is 0.369. The Bertz CT molecular complexity index is 177. The summed E-state index contributed by atoms with van der Waals surface area (Å²) < 4.78 is 0. The van der Waals surface area contributed by atoms with Gasteiger partial charge < -0.3 is 4.90 Å². The second-order valence-corrected chi connectivity index (χ2v) is 2.90. The molecule has 0 bridgehead atoms. The third-order valence-corrected chi connectivity index (χ3v) is 1.99. The lowest BCUT2D eigenvalue weighted by atomic mass is 10.2. The third-order valence-electron chi connectivity index (χ3n) is 1.99. The quantitative estimate of drug-likeness (QED) is 0.513. The zero-order chi connectivity index (χ0) is 8.27. The van der Waals surface area contributed by atoms with Crippen molar-refractivity contribution < 1.29 is 9.59 Å². The molecule has 3 nitrogen and oxygen atoms in total. The molecule has 11 heavy (non-hydrogen) atoms. The number of amides is 1. The minimum Gasteiger partial charge on any atom is -0.342 e. The highest BCUT2D eigenvalue weighted by molar-refractivity contribution is 5.80. The Morgan fingerprint density at radius 2 is 2.09 bits per heavy atom. The van der Waals surface area contributed by atoms with Gasteiger partial charge in [0.25, 0.3) is 0 Å². The van der Waals surface area contributed by atoms with Crippen LogP contribution in [0.4, 0.5) is 0 Å². The molecule has 0 saturated carbocycles. The Morgan fingerprint density at radius 3 is 2.73 bits per heavy atom. The van der Waals surface area contributed by atoms with Crippen LogP contribution in [0, 0.1) is 0 Å². The third kappa shape index (κ3) is 2.33. The maximum Gasteiger partial charge on any atom is 0.219 e. The van der Waals surface area contributed by atoms with Gasteiger partial charge in [-0.15, -0.1) is 0 Å². The second kappa shape index (κ2) is 3.51. The van der Waals surface area contributed by atoms with E-state index in [0.29, 0.717) is 19.4 Å². The van der Waals surface area contributed by atoms with Crippen LogP contribution in [-0.2, 0) is 9.59 Å². The van der Waals surface area contributed by atoms with Crippen LogP contribution >= 0.6 is 0 Å². The summed E-state index contributed by atoms with van der Waals surface area (Å²) in [7, 11) is 0. The lowest BCUT2D eigenvalue weighted by molar-refractivity contribution is -0.128. The Kier molecular flexibility index (Phi) is 2.63. The molecule has 62 valence electrons. The zero-order valence-corrected chi connectivity index (χ0v) is 6.80. The fourth-order valence-corrected chi connectivity index (χ4v) is 1.28. The predicted molar refractivity (Wildman–Crippen MR) is 41.1 cm³/mol. The van der Waals surface area contributed by atoms with Crippen molar-refractivity contribution in [2.45, 2.75) is 26.2 Å². The molecular formula is C8H13NO2. The number of hydrogen-bond donors (Lipinski definition) is 0. The topological polar surface area (TPSA) is 37.4 Å². The average molecular weight is 155 g/mol. The summed E-state index contributed by atoms with van der Waals surface area (Å²) >= 11 is 0. The fraction of sp³-hybridized carbons (Fsp3) is 0.750. The smallest absolute Gasteiger partial charge is 0.219 e. The van der Waals surface area contributed by atoms with E-state index in [1.54, 1.807) is 11.8 Å². The van der Waals surface area contributed by atoms with E-state index in [-0.39, 0.29) is 11.7 Å². The molecule has 0 N–H and O–H groups in total. The lowest BCUT2D eigenvalue weighted by Gasteiger charge is -2.16. The van der Waals surface area contributed by atoms with Gasteiger partial charge in [-0.2, -0.15) is 0 Å². The molecular weight excluding hydrogens is 142 g/mol. The van der Waals surface area contributed by atoms with E-state index in [1.165, 1.54) is 0 Å². The van der Waals surface area contributed by atoms with Gasteiger partial charge in [0.2, 0.25) is 5.91 Å². The Balaban J connectivity index is 2.46. The number of rotatable bonds is 0. The Labute approximate surface area is 66.4 Å². The van der Waals surface area contributed by atoms with Crippen LogP contribution in [-0.4, -0.2) is 29.7 Å². The van der Waals surface area contributed by atoms with Gasteiger partial charge in [-0.05, 0) is 6.42 Å². The van der Waals surface area contributed by atoms with Crippen molar-refractivity contribution >= 4 is 11.7 Å². The SMILES string of the molecule is CC(=O)N1CCCC(=O)CC1. The summed E-state index contributed by atoms with van der Waals surface area (Å²) in [5, 5.41) is 0. The highest BCUT2D eigenvalue weighted by Crippen LogP contribution is 2.06. The first-order valence-corrected chi connectivity index (χ1v) is 3.97. The molecule has 1 amide bonds. The maximum atomic E-state index is 10.9. The molecule has 1 aliphatic heterocycles. The minimum atomic E-state index is 0.0831. The van der Waals surface area contributed by atoms with Crippen LogP contribution in [0.2, 0.25) is 0 Å². The van der Waals surface area contributed by atoms with Crippen LogP contribution in [0.3, 0.4) is 0 Å². The van der Waals surface area contributed by atoms with Gasteiger partial charge in [0, 0.05) is 32.9 Å². The molecule has 0 aromatic carbocycles. The van der Waals surface area contributed by atoms with Gasteiger partial charge in [0.15, 0.2) is 0 Å². The largest absolute Gasteiger partial charge is 0.342 e. The van der Waals surface area contributed by atoms with E-state index in [2.05, 4.69) is 0 Å². The fourth-order valence-electron chi connectivity index (χ4n) is 1.28. The van der Waals surface area contributed by atoms with Gasteiger partial charge in [-0.1, -0.05) is 0 Å². The van der Waals surface area contributed by atoms with Gasteiger partial charge >= 0.3 is 0 Å². The van der Waals surface area contributed by atoms with Crippen LogP contribution < -0.4 is 0 Å². The molecule has 1 heterocycles. The van der Waals surface area contributed by atoms with E-state index in [0.717, 1.165) is 13.0 Å². The number of hydrogen-bond acceptors (Lipinski definition) is 2. The number of likely N-dealkylation sites (tertiary alicyclic amines) is 1. The number of nitrogens with zero attached hydrogens (tertiary/aromatic N) is 1. The molecule has 1 fully saturated rings. The van der Waals surface area contributed by atoms with E-state index in [4.69, 9.17) is 0 Å². The predicted octanol–water partition coefficient (Wildman–Crippen LogP) is 0.588. The van der Waals surface area contributed by atoms with E-state index in [1.807, 2.05) is 0 Å². The number of carbonyl (C=O) groups is 2. The molecule has 0 atom stereocenters. The summed E-state index contributed by atoms with van der Waals surface area (Å²) in [4.78, 5) is 23.5. The summed E-state index contributed by atoms with van der Waals surface area (Å²) in [6.45, 7) is 2.92. The molecule has 1 saturated heterocycles. The average Bonchev–Trinajstić information content (AvgIpc) is 2.13. The Hall–Kier alpha value is -0.860. The van der Waals surface area contributed by atoms with Crippen LogP contribution in [0.25, 0.3) is 0 Å². The van der Waals surface area contributed by atoms with Gasteiger partial charge in [-0.25, -0.2) is 0 Å². The molecule has 0 radical (unpaired) electrons. The van der Waals surface area contributed by atoms with E-state index in [9.17, 15) is 9.59 Å². The molecule has 3 heteroatoms. The van der Waals surface area contributed by atoms with Crippen molar-refractivity contribution in [2.24, 2.45) is 0 Å². The molecule has 0 spiro atoms. The molecule has 0 unspecified atom stereocenters.